The van der Waals surface area contributed by atoms with Crippen molar-refractivity contribution in [2.75, 3.05) is 11.1 Å². The molecule has 0 saturated heterocycles. The predicted octanol–water partition coefficient (Wildman–Crippen LogP) is 1.98. The highest BCUT2D eigenvalue weighted by Gasteiger charge is 2.00. The molecule has 0 bridgehead atoms. The summed E-state index contributed by atoms with van der Waals surface area (Å²) in [4.78, 5) is 11.0. The van der Waals surface area contributed by atoms with Gasteiger partial charge in [-0.3, -0.25) is 4.79 Å². The minimum absolute atomic E-state index is 0.425. The van der Waals surface area contributed by atoms with Crippen LogP contribution in [0.3, 0.4) is 0 Å². The number of rotatable bonds is 4. The molecule has 2 rings (SSSR count). The molecule has 2 aromatic carbocycles. The van der Waals surface area contributed by atoms with Crippen LogP contribution >= 0.6 is 0 Å². The maximum absolute atomic E-state index is 11.0. The Labute approximate surface area is 106 Å². The zero-order valence-electron chi connectivity index (χ0n) is 9.89. The molecule has 0 spiro atoms. The lowest BCUT2D eigenvalue weighted by Crippen LogP contribution is -2.11. The van der Waals surface area contributed by atoms with Crippen LogP contribution < -0.4 is 16.8 Å². The first-order valence-electron chi connectivity index (χ1n) is 5.63. The molecule has 92 valence electrons. The summed E-state index contributed by atoms with van der Waals surface area (Å²) in [6.45, 7) is 0.669. The number of hydrogen-bond donors (Lipinski definition) is 3. The number of primary amides is 1. The lowest BCUT2D eigenvalue weighted by molar-refractivity contribution is 0.100. The summed E-state index contributed by atoms with van der Waals surface area (Å²) in [5.74, 6) is -0.425. The van der Waals surface area contributed by atoms with Crippen molar-refractivity contribution in [1.29, 1.82) is 0 Å². The van der Waals surface area contributed by atoms with E-state index in [1.807, 2.05) is 30.3 Å². The quantitative estimate of drug-likeness (QED) is 0.716. The van der Waals surface area contributed by atoms with E-state index in [1.165, 1.54) is 0 Å². The number of nitrogens with one attached hydrogen (secondary N) is 1. The number of hydrogen-bond acceptors (Lipinski definition) is 3. The highest BCUT2D eigenvalue weighted by Crippen LogP contribution is 2.12. The molecule has 4 heteroatoms. The van der Waals surface area contributed by atoms with Gasteiger partial charge in [0.25, 0.3) is 0 Å². The maximum Gasteiger partial charge on any atom is 0.248 e. The third kappa shape index (κ3) is 3.01. The first-order valence-corrected chi connectivity index (χ1v) is 5.63. The smallest absolute Gasteiger partial charge is 0.248 e. The summed E-state index contributed by atoms with van der Waals surface area (Å²) in [5, 5.41) is 3.23. The Morgan fingerprint density at radius 3 is 2.50 bits per heavy atom. The molecule has 5 N–H and O–H groups in total. The molecule has 0 aliphatic heterocycles. The van der Waals surface area contributed by atoms with Gasteiger partial charge in [-0.05, 0) is 35.9 Å². The Morgan fingerprint density at radius 2 is 1.83 bits per heavy atom. The van der Waals surface area contributed by atoms with E-state index >= 15 is 0 Å². The molecule has 4 nitrogen and oxygen atoms in total. The van der Waals surface area contributed by atoms with Crippen LogP contribution in [0.15, 0.2) is 48.5 Å². The molecule has 0 unspecified atom stereocenters. The third-order valence-corrected chi connectivity index (χ3v) is 2.62. The van der Waals surface area contributed by atoms with Gasteiger partial charge in [0.1, 0.15) is 0 Å². The first kappa shape index (κ1) is 12.0. The van der Waals surface area contributed by atoms with Crippen LogP contribution in [-0.2, 0) is 6.54 Å². The Morgan fingerprint density at radius 1 is 1.11 bits per heavy atom. The van der Waals surface area contributed by atoms with Gasteiger partial charge in [-0.25, -0.2) is 0 Å². The minimum atomic E-state index is -0.425. The van der Waals surface area contributed by atoms with E-state index in [9.17, 15) is 4.79 Å². The molecule has 0 fully saturated rings. The zero-order valence-corrected chi connectivity index (χ0v) is 9.89. The Kier molecular flexibility index (Phi) is 3.48. The van der Waals surface area contributed by atoms with Crippen LogP contribution in [0.2, 0.25) is 0 Å². The van der Waals surface area contributed by atoms with Gasteiger partial charge < -0.3 is 16.8 Å². The molecule has 0 aromatic heterocycles. The number of nitrogens with two attached hydrogens (primary N) is 2. The number of carbonyl (C=O) groups excluding carboxylic acids is 1. The van der Waals surface area contributed by atoms with E-state index in [0.717, 1.165) is 16.9 Å². The molecular weight excluding hydrogens is 226 g/mol. The van der Waals surface area contributed by atoms with E-state index in [-0.39, 0.29) is 0 Å². The van der Waals surface area contributed by atoms with Gasteiger partial charge in [-0.1, -0.05) is 18.2 Å². The molecule has 0 saturated carbocycles. The Bertz CT molecular complexity index is 549. The van der Waals surface area contributed by atoms with Crippen molar-refractivity contribution in [1.82, 2.24) is 0 Å². The van der Waals surface area contributed by atoms with Crippen molar-refractivity contribution in [3.8, 4) is 0 Å². The van der Waals surface area contributed by atoms with Crippen molar-refractivity contribution in [3.63, 3.8) is 0 Å². The predicted molar refractivity (Wildman–Crippen MR) is 73.1 cm³/mol. The number of anilines is 2. The van der Waals surface area contributed by atoms with Crippen LogP contribution in [-0.4, -0.2) is 5.91 Å². The second-order valence-electron chi connectivity index (χ2n) is 4.04. The van der Waals surface area contributed by atoms with Crippen molar-refractivity contribution in [2.45, 2.75) is 6.54 Å². The van der Waals surface area contributed by atoms with Gasteiger partial charge >= 0.3 is 0 Å². The summed E-state index contributed by atoms with van der Waals surface area (Å²) in [7, 11) is 0. The topological polar surface area (TPSA) is 81.1 Å². The second-order valence-corrected chi connectivity index (χ2v) is 4.04. The lowest BCUT2D eigenvalue weighted by Gasteiger charge is -2.07. The van der Waals surface area contributed by atoms with E-state index in [1.54, 1.807) is 18.2 Å². The van der Waals surface area contributed by atoms with Gasteiger partial charge in [-0.15, -0.1) is 0 Å². The van der Waals surface area contributed by atoms with Gasteiger partial charge in [-0.2, -0.15) is 0 Å². The number of amides is 1. The van der Waals surface area contributed by atoms with Crippen LogP contribution in [0.5, 0.6) is 0 Å². The summed E-state index contributed by atoms with van der Waals surface area (Å²) >= 11 is 0. The number of nitrogen functional groups attached to an aromatic ring is 1. The SMILES string of the molecule is NC(=O)c1cccc(NCc2ccc(N)cc2)c1. The van der Waals surface area contributed by atoms with Crippen LogP contribution in [0, 0.1) is 0 Å². The van der Waals surface area contributed by atoms with E-state index in [4.69, 9.17) is 11.5 Å². The molecule has 0 aliphatic carbocycles. The normalized spacial score (nSPS) is 10.0. The third-order valence-electron chi connectivity index (χ3n) is 2.62. The van der Waals surface area contributed by atoms with Crippen molar-refractivity contribution < 1.29 is 4.79 Å². The maximum atomic E-state index is 11.0. The van der Waals surface area contributed by atoms with Gasteiger partial charge in [0.05, 0.1) is 0 Å². The molecule has 0 aliphatic rings. The summed E-state index contributed by atoms with van der Waals surface area (Å²) in [6.07, 6.45) is 0. The van der Waals surface area contributed by atoms with E-state index < -0.39 is 5.91 Å². The Hall–Kier alpha value is -2.49. The van der Waals surface area contributed by atoms with Crippen molar-refractivity contribution in [3.05, 3.63) is 59.7 Å². The summed E-state index contributed by atoms with van der Waals surface area (Å²) in [6, 6.07) is 14.7. The fourth-order valence-electron chi connectivity index (χ4n) is 1.62. The minimum Gasteiger partial charge on any atom is -0.399 e. The molecule has 18 heavy (non-hydrogen) atoms. The van der Waals surface area contributed by atoms with E-state index in [0.29, 0.717) is 12.1 Å². The molecule has 0 radical (unpaired) electrons. The monoisotopic (exact) mass is 241 g/mol. The molecule has 1 amide bonds. The van der Waals surface area contributed by atoms with Crippen molar-refractivity contribution >= 4 is 17.3 Å². The summed E-state index contributed by atoms with van der Waals surface area (Å²) in [5.41, 5.74) is 14.1. The molecule has 0 heterocycles. The standard InChI is InChI=1S/C14H15N3O/c15-12-6-4-10(5-7-12)9-17-13-3-1-2-11(8-13)14(16)18/h1-8,17H,9,15H2,(H2,16,18). The molecule has 2 aromatic rings. The largest absolute Gasteiger partial charge is 0.399 e. The number of benzene rings is 2. The fourth-order valence-corrected chi connectivity index (χ4v) is 1.62. The summed E-state index contributed by atoms with van der Waals surface area (Å²) < 4.78 is 0. The van der Waals surface area contributed by atoms with Gasteiger partial charge in [0.15, 0.2) is 0 Å². The van der Waals surface area contributed by atoms with Crippen LogP contribution in [0.4, 0.5) is 11.4 Å². The highest BCUT2D eigenvalue weighted by atomic mass is 16.1. The molecule has 0 atom stereocenters. The average Bonchev–Trinajstić information content (AvgIpc) is 2.38. The zero-order chi connectivity index (χ0) is 13.0. The van der Waals surface area contributed by atoms with Crippen molar-refractivity contribution in [2.24, 2.45) is 5.73 Å². The fraction of sp³-hybridized carbons (Fsp3) is 0.0714. The van der Waals surface area contributed by atoms with E-state index in [2.05, 4.69) is 5.32 Å². The van der Waals surface area contributed by atoms with Gasteiger partial charge in [0, 0.05) is 23.5 Å². The first-order chi connectivity index (χ1) is 8.65. The highest BCUT2D eigenvalue weighted by molar-refractivity contribution is 5.93. The second kappa shape index (κ2) is 5.23. The lowest BCUT2D eigenvalue weighted by atomic mass is 10.1. The van der Waals surface area contributed by atoms with Gasteiger partial charge in [0.2, 0.25) is 5.91 Å². The molecular formula is C14H15N3O. The van der Waals surface area contributed by atoms with Crippen LogP contribution in [0.25, 0.3) is 0 Å². The average molecular weight is 241 g/mol. The number of carbonyl (C=O) groups is 1. The Balaban J connectivity index is 2.04. The van der Waals surface area contributed by atoms with Crippen LogP contribution in [0.1, 0.15) is 15.9 Å².